The van der Waals surface area contributed by atoms with Gasteiger partial charge in [0, 0.05) is 10.6 Å². The number of rotatable bonds is 4. The van der Waals surface area contributed by atoms with Gasteiger partial charge in [-0.3, -0.25) is 9.59 Å². The van der Waals surface area contributed by atoms with Gasteiger partial charge in [0.2, 0.25) is 0 Å². The molecular weight excluding hydrogens is 465 g/mol. The number of thiophene rings is 1. The number of anilines is 2. The summed E-state index contributed by atoms with van der Waals surface area (Å²) in [5.41, 5.74) is 0.401. The molecule has 0 saturated carbocycles. The smallest absolute Gasteiger partial charge is 0.416 e. The van der Waals surface area contributed by atoms with Crippen LogP contribution in [0.2, 0.25) is 0 Å². The molecule has 9 heteroatoms. The molecule has 3 aromatic rings. The summed E-state index contributed by atoms with van der Waals surface area (Å²) in [6, 6.07) is 7.60. The normalized spacial score (nSPS) is 16.1. The van der Waals surface area contributed by atoms with Crippen LogP contribution in [-0.2, 0) is 19.0 Å². The molecule has 0 unspecified atom stereocenters. The third kappa shape index (κ3) is 5.04. The lowest BCUT2D eigenvalue weighted by Gasteiger charge is -2.33. The lowest BCUT2D eigenvalue weighted by atomic mass is 9.72. The van der Waals surface area contributed by atoms with Gasteiger partial charge in [-0.05, 0) is 66.5 Å². The Morgan fingerprint density at radius 3 is 2.47 bits per heavy atom. The first-order valence-corrected chi connectivity index (χ1v) is 11.7. The summed E-state index contributed by atoms with van der Waals surface area (Å²) in [5, 5.41) is 5.73. The number of halogens is 3. The van der Waals surface area contributed by atoms with Gasteiger partial charge in [0.1, 0.15) is 5.00 Å². The molecule has 5 nitrogen and oxygen atoms in total. The lowest BCUT2D eigenvalue weighted by molar-refractivity contribution is -0.137. The largest absolute Gasteiger partial charge is 0.459 e. The van der Waals surface area contributed by atoms with Crippen molar-refractivity contribution < 1.29 is 27.2 Å². The molecule has 2 aromatic heterocycles. The Kier molecular flexibility index (Phi) is 6.33. The van der Waals surface area contributed by atoms with E-state index in [2.05, 4.69) is 31.4 Å². The van der Waals surface area contributed by atoms with E-state index in [9.17, 15) is 22.8 Å². The molecule has 2 heterocycles. The Morgan fingerprint density at radius 1 is 1.06 bits per heavy atom. The van der Waals surface area contributed by atoms with Gasteiger partial charge in [0.25, 0.3) is 11.8 Å². The molecule has 4 rings (SSSR count). The van der Waals surface area contributed by atoms with Crippen molar-refractivity contribution in [1.82, 2.24) is 0 Å². The second-order valence-electron chi connectivity index (χ2n) is 9.48. The minimum absolute atomic E-state index is 0.0338. The van der Waals surface area contributed by atoms with Gasteiger partial charge >= 0.3 is 6.18 Å². The summed E-state index contributed by atoms with van der Waals surface area (Å²) in [4.78, 5) is 27.0. The van der Waals surface area contributed by atoms with E-state index in [4.69, 9.17) is 4.42 Å². The zero-order chi connectivity index (χ0) is 24.7. The van der Waals surface area contributed by atoms with E-state index in [1.807, 2.05) is 0 Å². The number of fused-ring (bicyclic) bond motifs is 1. The highest BCUT2D eigenvalue weighted by Crippen LogP contribution is 2.44. The molecule has 0 bridgehead atoms. The molecule has 1 aromatic carbocycles. The van der Waals surface area contributed by atoms with Crippen molar-refractivity contribution in [2.75, 3.05) is 10.6 Å². The van der Waals surface area contributed by atoms with Crippen LogP contribution in [0.4, 0.5) is 23.9 Å². The minimum atomic E-state index is -4.52. The van der Waals surface area contributed by atoms with Gasteiger partial charge in [0.15, 0.2) is 5.76 Å². The van der Waals surface area contributed by atoms with Crippen molar-refractivity contribution in [3.05, 3.63) is 70.0 Å². The van der Waals surface area contributed by atoms with E-state index < -0.39 is 23.6 Å². The van der Waals surface area contributed by atoms with Gasteiger partial charge in [0.05, 0.1) is 17.4 Å². The van der Waals surface area contributed by atoms with Crippen molar-refractivity contribution in [2.24, 2.45) is 11.3 Å². The Morgan fingerprint density at radius 2 is 1.82 bits per heavy atom. The Balaban J connectivity index is 1.68. The predicted molar refractivity (Wildman–Crippen MR) is 125 cm³/mol. The molecule has 0 aliphatic heterocycles. The van der Waals surface area contributed by atoms with Gasteiger partial charge in [-0.2, -0.15) is 13.2 Å². The first kappa shape index (κ1) is 24.1. The second-order valence-corrected chi connectivity index (χ2v) is 10.6. The summed E-state index contributed by atoms with van der Waals surface area (Å²) >= 11 is 1.34. The number of amides is 2. The zero-order valence-electron chi connectivity index (χ0n) is 19.0. The number of benzene rings is 1. The van der Waals surface area contributed by atoms with E-state index in [-0.39, 0.29) is 16.9 Å². The van der Waals surface area contributed by atoms with Crippen molar-refractivity contribution in [1.29, 1.82) is 0 Å². The number of carbonyl (C=O) groups is 2. The van der Waals surface area contributed by atoms with E-state index in [1.54, 1.807) is 6.07 Å². The van der Waals surface area contributed by atoms with Gasteiger partial charge < -0.3 is 15.1 Å². The van der Waals surface area contributed by atoms with E-state index in [1.165, 1.54) is 35.8 Å². The number of hydrogen-bond acceptors (Lipinski definition) is 4. The molecule has 34 heavy (non-hydrogen) atoms. The first-order valence-electron chi connectivity index (χ1n) is 10.9. The minimum Gasteiger partial charge on any atom is -0.459 e. The Labute approximate surface area is 199 Å². The average molecular weight is 491 g/mol. The molecule has 180 valence electrons. The van der Waals surface area contributed by atoms with E-state index in [0.717, 1.165) is 35.4 Å². The maximum Gasteiger partial charge on any atom is 0.416 e. The summed E-state index contributed by atoms with van der Waals surface area (Å²) in [6.45, 7) is 6.53. The number of nitrogens with one attached hydrogen (secondary N) is 2. The van der Waals surface area contributed by atoms with Gasteiger partial charge in [-0.25, -0.2) is 0 Å². The molecule has 1 aliphatic rings. The van der Waals surface area contributed by atoms with Gasteiger partial charge in [-0.1, -0.05) is 26.8 Å². The quantitative estimate of drug-likeness (QED) is 0.413. The fourth-order valence-electron chi connectivity index (χ4n) is 4.19. The highest BCUT2D eigenvalue weighted by Gasteiger charge is 2.35. The summed E-state index contributed by atoms with van der Waals surface area (Å²) in [7, 11) is 0. The summed E-state index contributed by atoms with van der Waals surface area (Å²) in [5.74, 6) is -0.542. The van der Waals surface area contributed by atoms with Crippen LogP contribution in [0.3, 0.4) is 0 Å². The number of carbonyl (C=O) groups excluding carboxylic acids is 2. The number of alkyl halides is 3. The lowest BCUT2D eigenvalue weighted by Crippen LogP contribution is -2.27. The maximum atomic E-state index is 13.3. The maximum absolute atomic E-state index is 13.3. The first-order chi connectivity index (χ1) is 15.9. The molecule has 0 radical (unpaired) electrons. The van der Waals surface area contributed by atoms with Gasteiger partial charge in [-0.15, -0.1) is 11.3 Å². The fourth-order valence-corrected chi connectivity index (χ4v) is 5.51. The zero-order valence-corrected chi connectivity index (χ0v) is 19.8. The van der Waals surface area contributed by atoms with Crippen LogP contribution in [-0.4, -0.2) is 11.8 Å². The molecule has 0 fully saturated rings. The monoisotopic (exact) mass is 490 g/mol. The van der Waals surface area contributed by atoms with Crippen molar-refractivity contribution >= 4 is 33.8 Å². The molecule has 2 N–H and O–H groups in total. The standard InChI is InChI=1S/C25H25F3N2O3S/c1-24(2,3)14-9-10-17-19(13-14)34-23(30-21(31)18-8-5-11-33-18)20(17)22(32)29-16-7-4-6-15(12-16)25(26,27)28/h4-8,11-12,14H,9-10,13H2,1-3H3,(H,29,32)(H,30,31)/t14-/m1/s1. The molecule has 1 aliphatic carbocycles. The van der Waals surface area contributed by atoms with Crippen molar-refractivity contribution in [3.63, 3.8) is 0 Å². The van der Waals surface area contributed by atoms with Crippen LogP contribution in [0.15, 0.2) is 47.1 Å². The topological polar surface area (TPSA) is 71.3 Å². The summed E-state index contributed by atoms with van der Waals surface area (Å²) < 4.78 is 44.5. The number of furan rings is 1. The van der Waals surface area contributed by atoms with Crippen molar-refractivity contribution in [3.8, 4) is 0 Å². The van der Waals surface area contributed by atoms with E-state index >= 15 is 0 Å². The molecule has 1 atom stereocenters. The average Bonchev–Trinajstić information content (AvgIpc) is 3.40. The predicted octanol–water partition coefficient (Wildman–Crippen LogP) is 7.02. The highest BCUT2D eigenvalue weighted by molar-refractivity contribution is 7.17. The van der Waals surface area contributed by atoms with Crippen LogP contribution in [0.25, 0.3) is 0 Å². The van der Waals surface area contributed by atoms with Crippen LogP contribution >= 0.6 is 11.3 Å². The number of hydrogen-bond donors (Lipinski definition) is 2. The van der Waals surface area contributed by atoms with Crippen LogP contribution in [0, 0.1) is 11.3 Å². The molecule has 2 amide bonds. The molecule has 0 saturated heterocycles. The third-order valence-corrected chi connectivity index (χ3v) is 7.31. The Bertz CT molecular complexity index is 1210. The fraction of sp³-hybridized carbons (Fsp3) is 0.360. The highest BCUT2D eigenvalue weighted by atomic mass is 32.1. The summed E-state index contributed by atoms with van der Waals surface area (Å²) in [6.07, 6.45) is -0.849. The van der Waals surface area contributed by atoms with Crippen molar-refractivity contribution in [2.45, 2.75) is 46.2 Å². The van der Waals surface area contributed by atoms with Crippen LogP contribution in [0.5, 0.6) is 0 Å². The van der Waals surface area contributed by atoms with Crippen LogP contribution in [0.1, 0.15) is 64.1 Å². The molecular formula is C25H25F3N2O3S. The van der Waals surface area contributed by atoms with Crippen LogP contribution < -0.4 is 10.6 Å². The molecule has 0 spiro atoms. The SMILES string of the molecule is CC(C)(C)[C@@H]1CCc2c(sc(NC(=O)c3ccco3)c2C(=O)Nc2cccc(C(F)(F)F)c2)C1. The third-order valence-electron chi connectivity index (χ3n) is 6.14. The second kappa shape index (κ2) is 8.94. The van der Waals surface area contributed by atoms with E-state index in [0.29, 0.717) is 22.9 Å². The Hall–Kier alpha value is -3.07.